The number of hydrogen-bond donors (Lipinski definition) is 2. The molecule has 0 atom stereocenters. The highest BCUT2D eigenvalue weighted by molar-refractivity contribution is 7.98. The Morgan fingerprint density at radius 1 is 0.562 bits per heavy atom. The Hall–Kier alpha value is -1.27. The van der Waals surface area contributed by atoms with Gasteiger partial charge in [-0.3, -0.25) is 4.79 Å². The first-order valence-electron chi connectivity index (χ1n) is 11.8. The fraction of sp³-hybridized carbons (Fsp3) is 0.519. The molecule has 0 amide bonds. The van der Waals surface area contributed by atoms with Crippen LogP contribution in [0.1, 0.15) is 78.4 Å². The molecule has 2 N–H and O–H groups in total. The van der Waals surface area contributed by atoms with E-state index in [1.807, 2.05) is 47.8 Å². The summed E-state index contributed by atoms with van der Waals surface area (Å²) < 4.78 is 0. The summed E-state index contributed by atoms with van der Waals surface area (Å²) in [5.41, 5.74) is 4.00. The molecule has 0 unspecified atom stereocenters. The average Bonchev–Trinajstić information content (AvgIpc) is 2.83. The molecule has 0 heterocycles. The Morgan fingerprint density at radius 3 is 1.31 bits per heavy atom. The van der Waals surface area contributed by atoms with E-state index in [-0.39, 0.29) is 5.78 Å². The maximum atomic E-state index is 12.8. The minimum Gasteiger partial charge on any atom is -0.396 e. The Bertz CT molecular complexity index is 681. The zero-order chi connectivity index (χ0) is 22.9. The number of aliphatic hydroxyl groups excluding tert-OH is 2. The summed E-state index contributed by atoms with van der Waals surface area (Å²) in [4.78, 5) is 12.8. The number of ketones is 1. The largest absolute Gasteiger partial charge is 0.396 e. The van der Waals surface area contributed by atoms with Crippen LogP contribution in [-0.4, -0.2) is 40.7 Å². The predicted molar refractivity (Wildman–Crippen MR) is 140 cm³/mol. The quantitative estimate of drug-likeness (QED) is 0.191. The van der Waals surface area contributed by atoms with Crippen molar-refractivity contribution < 1.29 is 15.0 Å². The van der Waals surface area contributed by atoms with E-state index in [0.29, 0.717) is 13.2 Å². The monoisotopic (exact) mass is 474 g/mol. The van der Waals surface area contributed by atoms with Gasteiger partial charge in [0, 0.05) is 35.8 Å². The van der Waals surface area contributed by atoms with Crippen molar-refractivity contribution in [3.63, 3.8) is 0 Å². The standard InChI is InChI=1S/C27H38O3S2/c28-17-5-1-3-7-19-31-21-23-9-13-25(14-10-23)27(30)26-15-11-24(12-16-26)22-32-20-8-4-2-6-18-29/h9-16,28-29H,1-8,17-22H2. The molecule has 176 valence electrons. The number of hydrogen-bond acceptors (Lipinski definition) is 5. The lowest BCUT2D eigenvalue weighted by atomic mass is 10.0. The number of rotatable bonds is 18. The van der Waals surface area contributed by atoms with Gasteiger partial charge in [-0.25, -0.2) is 0 Å². The van der Waals surface area contributed by atoms with Crippen LogP contribution in [0, 0.1) is 0 Å². The molecule has 0 aliphatic carbocycles. The van der Waals surface area contributed by atoms with E-state index in [4.69, 9.17) is 10.2 Å². The Morgan fingerprint density at radius 2 is 0.938 bits per heavy atom. The summed E-state index contributed by atoms with van der Waals surface area (Å²) in [6, 6.07) is 16.0. The van der Waals surface area contributed by atoms with Gasteiger partial charge < -0.3 is 10.2 Å². The number of benzene rings is 2. The number of thioether (sulfide) groups is 2. The molecule has 0 radical (unpaired) electrons. The van der Waals surface area contributed by atoms with E-state index in [9.17, 15) is 4.79 Å². The van der Waals surface area contributed by atoms with Gasteiger partial charge in [-0.2, -0.15) is 23.5 Å². The van der Waals surface area contributed by atoms with Crippen LogP contribution in [0.2, 0.25) is 0 Å². The first kappa shape index (κ1) is 27.0. The van der Waals surface area contributed by atoms with Crippen LogP contribution in [-0.2, 0) is 11.5 Å². The van der Waals surface area contributed by atoms with Crippen molar-refractivity contribution in [2.45, 2.75) is 62.9 Å². The molecule has 0 saturated carbocycles. The maximum Gasteiger partial charge on any atom is 0.193 e. The van der Waals surface area contributed by atoms with Crippen LogP contribution in [0.25, 0.3) is 0 Å². The highest BCUT2D eigenvalue weighted by Crippen LogP contribution is 2.19. The average molecular weight is 475 g/mol. The second kappa shape index (κ2) is 17.2. The van der Waals surface area contributed by atoms with E-state index in [0.717, 1.165) is 59.8 Å². The van der Waals surface area contributed by atoms with Gasteiger partial charge in [0.05, 0.1) is 0 Å². The Kier molecular flexibility index (Phi) is 14.5. The van der Waals surface area contributed by atoms with Gasteiger partial charge in [-0.05, 0) is 48.3 Å². The van der Waals surface area contributed by atoms with Crippen LogP contribution in [0.5, 0.6) is 0 Å². The molecular weight excluding hydrogens is 436 g/mol. The van der Waals surface area contributed by atoms with Gasteiger partial charge in [0.25, 0.3) is 0 Å². The molecule has 5 heteroatoms. The summed E-state index contributed by atoms with van der Waals surface area (Å²) in [7, 11) is 0. The van der Waals surface area contributed by atoms with Crippen LogP contribution in [0.15, 0.2) is 48.5 Å². The molecule has 2 aromatic carbocycles. The highest BCUT2D eigenvalue weighted by atomic mass is 32.2. The molecule has 0 spiro atoms. The third-order valence-electron chi connectivity index (χ3n) is 5.36. The van der Waals surface area contributed by atoms with Crippen molar-refractivity contribution in [1.29, 1.82) is 0 Å². The van der Waals surface area contributed by atoms with E-state index in [1.165, 1.54) is 36.8 Å². The zero-order valence-corrected chi connectivity index (χ0v) is 20.8. The molecule has 0 aromatic heterocycles. The van der Waals surface area contributed by atoms with Gasteiger partial charge in [-0.1, -0.05) is 74.2 Å². The van der Waals surface area contributed by atoms with Crippen molar-refractivity contribution in [1.82, 2.24) is 0 Å². The van der Waals surface area contributed by atoms with E-state index < -0.39 is 0 Å². The van der Waals surface area contributed by atoms with Crippen molar-refractivity contribution in [3.05, 3.63) is 70.8 Å². The molecule has 2 rings (SSSR count). The second-order valence-electron chi connectivity index (χ2n) is 8.10. The second-order valence-corrected chi connectivity index (χ2v) is 10.3. The summed E-state index contributed by atoms with van der Waals surface area (Å²) in [5, 5.41) is 17.6. The SMILES string of the molecule is O=C(c1ccc(CSCCCCCCO)cc1)c1ccc(CSCCCCCCO)cc1. The van der Waals surface area contributed by atoms with Gasteiger partial charge in [0.1, 0.15) is 0 Å². The van der Waals surface area contributed by atoms with Gasteiger partial charge in [0.2, 0.25) is 0 Å². The lowest BCUT2D eigenvalue weighted by Crippen LogP contribution is -2.01. The van der Waals surface area contributed by atoms with Gasteiger partial charge in [-0.15, -0.1) is 0 Å². The summed E-state index contributed by atoms with van der Waals surface area (Å²) in [5.74, 6) is 4.31. The number of carbonyl (C=O) groups excluding carboxylic acids is 1. The molecule has 0 fully saturated rings. The van der Waals surface area contributed by atoms with Crippen LogP contribution < -0.4 is 0 Å². The van der Waals surface area contributed by atoms with Crippen LogP contribution >= 0.6 is 23.5 Å². The predicted octanol–water partition coefficient (Wildman–Crippen LogP) is 6.49. The topological polar surface area (TPSA) is 57.5 Å². The smallest absolute Gasteiger partial charge is 0.193 e. The van der Waals surface area contributed by atoms with Crippen molar-refractivity contribution in [2.75, 3.05) is 24.7 Å². The third kappa shape index (κ3) is 11.0. The third-order valence-corrected chi connectivity index (χ3v) is 7.59. The van der Waals surface area contributed by atoms with E-state index in [1.54, 1.807) is 0 Å². The van der Waals surface area contributed by atoms with E-state index >= 15 is 0 Å². The molecule has 0 aliphatic rings. The molecule has 0 aliphatic heterocycles. The Labute approximate surface area is 202 Å². The van der Waals surface area contributed by atoms with Gasteiger partial charge >= 0.3 is 0 Å². The fourth-order valence-electron chi connectivity index (χ4n) is 3.39. The maximum absolute atomic E-state index is 12.8. The molecule has 32 heavy (non-hydrogen) atoms. The number of carbonyl (C=O) groups is 1. The molecular formula is C27H38O3S2. The minimum absolute atomic E-state index is 0.0798. The lowest BCUT2D eigenvalue weighted by molar-refractivity contribution is 0.103. The van der Waals surface area contributed by atoms with Crippen LogP contribution in [0.3, 0.4) is 0 Å². The zero-order valence-electron chi connectivity index (χ0n) is 19.1. The number of unbranched alkanes of at least 4 members (excludes halogenated alkanes) is 6. The summed E-state index contributed by atoms with van der Waals surface area (Å²) >= 11 is 3.86. The fourth-order valence-corrected chi connectivity index (χ4v) is 5.35. The van der Waals surface area contributed by atoms with E-state index in [2.05, 4.69) is 24.3 Å². The highest BCUT2D eigenvalue weighted by Gasteiger charge is 2.09. The first-order valence-corrected chi connectivity index (χ1v) is 14.2. The molecule has 0 bridgehead atoms. The molecule has 2 aromatic rings. The lowest BCUT2D eigenvalue weighted by Gasteiger charge is -2.06. The minimum atomic E-state index is 0.0798. The summed E-state index contributed by atoms with van der Waals surface area (Å²) in [6.45, 7) is 0.601. The Balaban J connectivity index is 1.69. The van der Waals surface area contributed by atoms with Crippen molar-refractivity contribution >= 4 is 29.3 Å². The van der Waals surface area contributed by atoms with Crippen LogP contribution in [0.4, 0.5) is 0 Å². The summed E-state index contributed by atoms with van der Waals surface area (Å²) in [6.07, 6.45) is 8.80. The van der Waals surface area contributed by atoms with Crippen molar-refractivity contribution in [3.8, 4) is 0 Å². The first-order chi connectivity index (χ1) is 15.7. The molecule has 3 nitrogen and oxygen atoms in total. The van der Waals surface area contributed by atoms with Gasteiger partial charge in [0.15, 0.2) is 5.78 Å². The number of aliphatic hydroxyl groups is 2. The normalized spacial score (nSPS) is 11.1. The molecule has 0 saturated heterocycles. The van der Waals surface area contributed by atoms with Crippen molar-refractivity contribution in [2.24, 2.45) is 0 Å².